The fourth-order valence-electron chi connectivity index (χ4n) is 9.70. The van der Waals surface area contributed by atoms with E-state index in [2.05, 4.69) is 111 Å². The molecule has 3 atom stereocenters. The Kier molecular flexibility index (Phi) is 59.7. The van der Waals surface area contributed by atoms with Crippen LogP contribution in [0.1, 0.15) is 303 Å². The van der Waals surface area contributed by atoms with E-state index in [-0.39, 0.29) is 31.5 Å². The van der Waals surface area contributed by atoms with Crippen molar-refractivity contribution in [3.63, 3.8) is 0 Å². The van der Waals surface area contributed by atoms with Crippen LogP contribution in [0.3, 0.4) is 0 Å². The number of hydrogen-bond donors (Lipinski definition) is 2. The number of hydrogen-bond acceptors (Lipinski definition) is 6. The summed E-state index contributed by atoms with van der Waals surface area (Å²) in [4.78, 5) is 37.9. The molecule has 0 aliphatic rings. The molecule has 0 fully saturated rings. The van der Waals surface area contributed by atoms with Crippen LogP contribution in [0.5, 0.6) is 0 Å². The summed E-state index contributed by atoms with van der Waals surface area (Å²) >= 11 is 0. The second-order valence-corrected chi connectivity index (χ2v) is 25.8. The largest absolute Gasteiger partial charge is 0.472 e. The number of carbonyl (C=O) groups excluding carboxylic acids is 2. The van der Waals surface area contributed by atoms with Gasteiger partial charge in [0, 0.05) is 12.8 Å². The fourth-order valence-corrected chi connectivity index (χ4v) is 10.4. The topological polar surface area (TPSA) is 111 Å². The number of esters is 1. The Morgan fingerprint density at radius 2 is 0.771 bits per heavy atom. The predicted molar refractivity (Wildman–Crippen MR) is 360 cm³/mol. The monoisotopic (exact) mass is 1180 g/mol. The van der Waals surface area contributed by atoms with Gasteiger partial charge >= 0.3 is 13.8 Å². The molecule has 0 aliphatic heterocycles. The van der Waals surface area contributed by atoms with Crippen LogP contribution in [0.2, 0.25) is 0 Å². The van der Waals surface area contributed by atoms with Gasteiger partial charge in [-0.25, -0.2) is 4.57 Å². The Balaban J connectivity index is 5.17. The van der Waals surface area contributed by atoms with Crippen molar-refractivity contribution in [3.05, 3.63) is 97.2 Å². The molecule has 9 nitrogen and oxygen atoms in total. The van der Waals surface area contributed by atoms with E-state index in [1.807, 2.05) is 33.3 Å². The summed E-state index contributed by atoms with van der Waals surface area (Å²) in [5.74, 6) is -0.539. The summed E-state index contributed by atoms with van der Waals surface area (Å²) in [6, 6.07) is -0.871. The lowest BCUT2D eigenvalue weighted by molar-refractivity contribution is -0.870. The van der Waals surface area contributed by atoms with E-state index < -0.39 is 20.0 Å². The minimum atomic E-state index is -4.47. The van der Waals surface area contributed by atoms with Gasteiger partial charge in [-0.05, 0) is 109 Å². The number of rotatable bonds is 62. The zero-order valence-corrected chi connectivity index (χ0v) is 55.8. The normalized spacial score (nSPS) is 14.2. The molecule has 0 aromatic rings. The zero-order valence-electron chi connectivity index (χ0n) is 54.9. The second-order valence-electron chi connectivity index (χ2n) is 24.3. The number of nitrogens with zero attached hydrogens (tertiary/aromatic N) is 1. The summed E-state index contributed by atoms with van der Waals surface area (Å²) in [5, 5.41) is 3.05. The van der Waals surface area contributed by atoms with E-state index in [1.54, 1.807) is 0 Å². The van der Waals surface area contributed by atoms with Crippen LogP contribution < -0.4 is 5.32 Å². The standard InChI is InChI=1S/C73H131N2O7P/c1-7-10-13-16-19-22-25-28-30-32-34-35-36-37-38-39-41-43-45-48-51-54-57-60-63-66-73(77)82-71(64-61-58-55-52-49-46-27-24-21-18-15-12-9-3)70(69-81-83(78,79)80-68-67-75(4,5)6)74-72(76)65-62-59-56-53-50-47-44-42-40-33-31-29-26-23-20-17-14-11-8-2/h11,14,19-20,22-23,28-31,40,42,47,50,61,64,70-71H,7-10,12-13,15-18,21,24-27,32-39,41,43-46,48-49,51-60,62-63,65-69H2,1-6H3,(H-,74,76,78,79)/p+1/b14-11-,22-19-,23-20-,30-28-,31-29-,42-40-,50-47-,64-61-. The first kappa shape index (κ1) is 79.9. The van der Waals surface area contributed by atoms with Crippen LogP contribution in [-0.2, 0) is 27.9 Å². The molecule has 0 spiro atoms. The Bertz CT molecular complexity index is 1740. The average Bonchev–Trinajstić information content (AvgIpc) is 3.47. The van der Waals surface area contributed by atoms with E-state index in [9.17, 15) is 19.0 Å². The molecular formula is C73H132N2O7P+. The van der Waals surface area contributed by atoms with Crippen molar-refractivity contribution in [2.45, 2.75) is 315 Å². The number of carbonyl (C=O) groups is 2. The number of unbranched alkanes of at least 4 members (excludes halogenated alkanes) is 32. The number of allylic oxidation sites excluding steroid dienone is 15. The zero-order chi connectivity index (χ0) is 60.7. The van der Waals surface area contributed by atoms with Gasteiger partial charge in [-0.2, -0.15) is 0 Å². The van der Waals surface area contributed by atoms with Gasteiger partial charge in [-0.1, -0.05) is 279 Å². The van der Waals surface area contributed by atoms with Crippen LogP contribution >= 0.6 is 7.82 Å². The Labute approximate surface area is 513 Å². The summed E-state index contributed by atoms with van der Waals surface area (Å²) in [6.45, 7) is 6.87. The third kappa shape index (κ3) is 63.3. The third-order valence-corrected chi connectivity index (χ3v) is 16.0. The van der Waals surface area contributed by atoms with Gasteiger partial charge in [0.05, 0.1) is 33.8 Å². The van der Waals surface area contributed by atoms with Gasteiger partial charge in [0.1, 0.15) is 19.3 Å². The van der Waals surface area contributed by atoms with Crippen molar-refractivity contribution >= 4 is 19.7 Å². The number of ether oxygens (including phenoxy) is 1. The first-order valence-corrected chi connectivity index (χ1v) is 36.1. The molecule has 0 heterocycles. The Hall–Kier alpha value is -3.07. The van der Waals surface area contributed by atoms with E-state index in [4.69, 9.17) is 13.8 Å². The van der Waals surface area contributed by atoms with Crippen LogP contribution in [0.4, 0.5) is 0 Å². The molecule has 0 rings (SSSR count). The first-order valence-electron chi connectivity index (χ1n) is 34.6. The number of amides is 1. The maximum atomic E-state index is 13.6. The predicted octanol–water partition coefficient (Wildman–Crippen LogP) is 21.9. The molecule has 3 unspecified atom stereocenters. The van der Waals surface area contributed by atoms with Crippen LogP contribution in [-0.4, -0.2) is 74.3 Å². The van der Waals surface area contributed by atoms with Crippen LogP contribution in [0.15, 0.2) is 97.2 Å². The fraction of sp³-hybridized carbons (Fsp3) is 0.753. The van der Waals surface area contributed by atoms with E-state index >= 15 is 0 Å². The molecule has 0 saturated carbocycles. The van der Waals surface area contributed by atoms with Gasteiger partial charge in [-0.15, -0.1) is 0 Å². The number of quaternary nitrogens is 1. The third-order valence-electron chi connectivity index (χ3n) is 15.0. The molecule has 0 saturated heterocycles. The SMILES string of the molecule is CC/C=C\C/C=C\C/C=C\C/C=C\C/C=C\CCCCCC(=O)NC(COP(=O)(O)OCC[N+](C)(C)C)C(/C=C\CCCCCCCCCCCCC)OC(=O)CCCCCCCCCCCCCCCCC/C=C\C/C=C\CCCCC. The van der Waals surface area contributed by atoms with E-state index in [0.717, 1.165) is 96.3 Å². The summed E-state index contributed by atoms with van der Waals surface area (Å²) in [7, 11) is 1.47. The maximum Gasteiger partial charge on any atom is 0.472 e. The second kappa shape index (κ2) is 62.0. The molecule has 83 heavy (non-hydrogen) atoms. The van der Waals surface area contributed by atoms with Crippen LogP contribution in [0, 0.1) is 0 Å². The lowest BCUT2D eigenvalue weighted by Gasteiger charge is -2.27. The maximum absolute atomic E-state index is 13.6. The lowest BCUT2D eigenvalue weighted by Crippen LogP contribution is -2.47. The summed E-state index contributed by atoms with van der Waals surface area (Å²) < 4.78 is 30.8. The molecule has 0 radical (unpaired) electrons. The highest BCUT2D eigenvalue weighted by Crippen LogP contribution is 2.43. The average molecular weight is 1180 g/mol. The number of phosphoric acid groups is 1. The summed E-state index contributed by atoms with van der Waals surface area (Å²) in [6.07, 6.45) is 84.2. The quantitative estimate of drug-likeness (QED) is 0.0205. The highest BCUT2D eigenvalue weighted by molar-refractivity contribution is 7.47. The van der Waals surface area contributed by atoms with Crippen LogP contribution in [0.25, 0.3) is 0 Å². The number of nitrogens with one attached hydrogen (secondary N) is 1. The Morgan fingerprint density at radius 3 is 1.19 bits per heavy atom. The van der Waals surface area contributed by atoms with Gasteiger partial charge in [0.15, 0.2) is 0 Å². The minimum Gasteiger partial charge on any atom is -0.456 e. The molecule has 480 valence electrons. The molecule has 0 aromatic heterocycles. The molecule has 0 bridgehead atoms. The van der Waals surface area contributed by atoms with E-state index in [0.29, 0.717) is 23.9 Å². The van der Waals surface area contributed by atoms with Crippen molar-refractivity contribution in [1.82, 2.24) is 5.32 Å². The van der Waals surface area contributed by atoms with Crippen molar-refractivity contribution in [2.75, 3.05) is 40.9 Å². The van der Waals surface area contributed by atoms with Gasteiger partial charge in [0.2, 0.25) is 5.91 Å². The van der Waals surface area contributed by atoms with E-state index in [1.165, 1.54) is 167 Å². The molecule has 10 heteroatoms. The lowest BCUT2D eigenvalue weighted by atomic mass is 10.0. The minimum absolute atomic E-state index is 0.0302. The van der Waals surface area contributed by atoms with Crippen molar-refractivity contribution in [2.24, 2.45) is 0 Å². The molecule has 0 aromatic carbocycles. The first-order chi connectivity index (χ1) is 40.4. The molecule has 1 amide bonds. The smallest absolute Gasteiger partial charge is 0.456 e. The Morgan fingerprint density at radius 1 is 0.434 bits per heavy atom. The molecule has 0 aliphatic carbocycles. The van der Waals surface area contributed by atoms with Gasteiger partial charge in [-0.3, -0.25) is 18.6 Å². The molecule has 2 N–H and O–H groups in total. The van der Waals surface area contributed by atoms with Gasteiger partial charge in [0.25, 0.3) is 0 Å². The molecular weight excluding hydrogens is 1050 g/mol. The summed E-state index contributed by atoms with van der Waals surface area (Å²) in [5.41, 5.74) is 0. The number of likely N-dealkylation sites (N-methyl/N-ethyl adjacent to an activating group) is 1. The van der Waals surface area contributed by atoms with Gasteiger partial charge < -0.3 is 19.4 Å². The highest BCUT2D eigenvalue weighted by atomic mass is 31.2. The van der Waals surface area contributed by atoms with Crippen molar-refractivity contribution < 1.29 is 37.3 Å². The van der Waals surface area contributed by atoms with Crippen molar-refractivity contribution in [3.8, 4) is 0 Å². The number of phosphoric ester groups is 1. The highest BCUT2D eigenvalue weighted by Gasteiger charge is 2.30. The van der Waals surface area contributed by atoms with Crippen molar-refractivity contribution in [1.29, 1.82) is 0 Å².